The van der Waals surface area contributed by atoms with Crippen LogP contribution in [0.3, 0.4) is 0 Å². The Labute approximate surface area is 146 Å². The van der Waals surface area contributed by atoms with E-state index in [-0.39, 0.29) is 16.7 Å². The van der Waals surface area contributed by atoms with Gasteiger partial charge in [0.15, 0.2) is 5.17 Å². The van der Waals surface area contributed by atoms with Crippen molar-refractivity contribution in [3.8, 4) is 5.75 Å². The molecule has 1 aliphatic heterocycles. The molecule has 1 aliphatic rings. The highest BCUT2D eigenvalue weighted by atomic mass is 35.5. The second kappa shape index (κ2) is 6.66. The summed E-state index contributed by atoms with van der Waals surface area (Å²) >= 11 is 13.1. The van der Waals surface area contributed by atoms with Crippen molar-refractivity contribution in [1.29, 1.82) is 0 Å². The van der Waals surface area contributed by atoms with E-state index in [1.54, 1.807) is 30.3 Å². The fraction of sp³-hybridized carbons (Fsp3) is 0. The fourth-order valence-electron chi connectivity index (χ4n) is 1.90. The van der Waals surface area contributed by atoms with Crippen molar-refractivity contribution in [2.45, 2.75) is 0 Å². The molecule has 0 spiro atoms. The number of aromatic hydroxyl groups is 1. The predicted molar refractivity (Wildman–Crippen MR) is 95.4 cm³/mol. The number of hydrogen-bond acceptors (Lipinski definition) is 4. The largest absolute Gasteiger partial charge is 0.506 e. The maximum absolute atomic E-state index is 12.0. The predicted octanol–water partition coefficient (Wildman–Crippen LogP) is 4.59. The average Bonchev–Trinajstić information content (AvgIpc) is 2.85. The maximum Gasteiger partial charge on any atom is 0.264 e. The number of phenolic OH excluding ortho intramolecular Hbond substituents is 1. The van der Waals surface area contributed by atoms with Gasteiger partial charge in [0.2, 0.25) is 0 Å². The molecule has 116 valence electrons. The molecule has 23 heavy (non-hydrogen) atoms. The Hall–Kier alpha value is -1.95. The van der Waals surface area contributed by atoms with Crippen LogP contribution in [0.5, 0.6) is 5.75 Å². The van der Waals surface area contributed by atoms with Crippen LogP contribution in [0.15, 0.2) is 52.4 Å². The minimum atomic E-state index is -0.245. The molecule has 0 aliphatic carbocycles. The molecular weight excluding hydrogens is 355 g/mol. The van der Waals surface area contributed by atoms with E-state index in [0.717, 1.165) is 0 Å². The van der Waals surface area contributed by atoms with E-state index < -0.39 is 0 Å². The minimum Gasteiger partial charge on any atom is -0.506 e. The molecule has 1 fully saturated rings. The highest BCUT2D eigenvalue weighted by molar-refractivity contribution is 8.18. The molecule has 4 nitrogen and oxygen atoms in total. The van der Waals surface area contributed by atoms with E-state index in [4.69, 9.17) is 23.2 Å². The molecule has 0 radical (unpaired) electrons. The van der Waals surface area contributed by atoms with Crippen molar-refractivity contribution in [3.05, 3.63) is 63.0 Å². The van der Waals surface area contributed by atoms with Gasteiger partial charge >= 0.3 is 0 Å². The van der Waals surface area contributed by atoms with Crippen LogP contribution in [0.2, 0.25) is 10.0 Å². The number of nitrogens with one attached hydrogen (secondary N) is 1. The number of hydrogen-bond donors (Lipinski definition) is 2. The van der Waals surface area contributed by atoms with Crippen molar-refractivity contribution >= 4 is 57.8 Å². The molecule has 1 amide bonds. The molecule has 7 heteroatoms. The second-order valence-electron chi connectivity index (χ2n) is 4.64. The summed E-state index contributed by atoms with van der Waals surface area (Å²) in [5, 5.41) is 13.3. The van der Waals surface area contributed by atoms with Gasteiger partial charge in [-0.25, -0.2) is 4.99 Å². The lowest BCUT2D eigenvalue weighted by Gasteiger charge is -1.99. The molecular formula is C16H10Cl2N2O2S. The van der Waals surface area contributed by atoms with Crippen molar-refractivity contribution in [1.82, 2.24) is 5.32 Å². The molecule has 3 rings (SSSR count). The lowest BCUT2D eigenvalue weighted by atomic mass is 10.2. The summed E-state index contributed by atoms with van der Waals surface area (Å²) in [5.74, 6) is -0.247. The van der Waals surface area contributed by atoms with Crippen molar-refractivity contribution in [2.75, 3.05) is 0 Å². The number of amidine groups is 1. The third-order valence-electron chi connectivity index (χ3n) is 2.99. The summed E-state index contributed by atoms with van der Waals surface area (Å²) in [6.07, 6.45) is 1.68. The first-order chi connectivity index (χ1) is 11.0. The number of carbonyl (C=O) groups is 1. The highest BCUT2D eigenvalue weighted by Gasteiger charge is 2.24. The van der Waals surface area contributed by atoms with Gasteiger partial charge in [-0.15, -0.1) is 0 Å². The molecule has 0 aromatic heterocycles. The zero-order valence-electron chi connectivity index (χ0n) is 11.6. The molecule has 2 aromatic rings. The van der Waals surface area contributed by atoms with Crippen LogP contribution in [-0.4, -0.2) is 16.2 Å². The summed E-state index contributed by atoms with van der Waals surface area (Å²) < 4.78 is 0. The molecule has 0 saturated carbocycles. The third-order valence-corrected chi connectivity index (χ3v) is 4.53. The van der Waals surface area contributed by atoms with Crippen LogP contribution < -0.4 is 5.32 Å². The fourth-order valence-corrected chi connectivity index (χ4v) is 3.10. The zero-order chi connectivity index (χ0) is 16.4. The average molecular weight is 365 g/mol. The number of aliphatic imine (C=N–C) groups is 1. The molecule has 2 aromatic carbocycles. The monoisotopic (exact) mass is 364 g/mol. The van der Waals surface area contributed by atoms with Gasteiger partial charge in [0.25, 0.3) is 5.91 Å². The summed E-state index contributed by atoms with van der Waals surface area (Å²) in [4.78, 5) is 16.8. The normalized spacial score (nSPS) is 17.7. The topological polar surface area (TPSA) is 61.7 Å². The number of nitrogens with zero attached hydrogens (tertiary/aromatic N) is 1. The smallest absolute Gasteiger partial charge is 0.264 e. The number of para-hydroxylation sites is 1. The summed E-state index contributed by atoms with van der Waals surface area (Å²) in [6.45, 7) is 0. The van der Waals surface area contributed by atoms with Crippen LogP contribution in [0.1, 0.15) is 5.56 Å². The molecule has 0 bridgehead atoms. The Kier molecular flexibility index (Phi) is 4.61. The number of phenols is 1. The van der Waals surface area contributed by atoms with Gasteiger partial charge in [-0.05, 0) is 47.7 Å². The van der Waals surface area contributed by atoms with Crippen LogP contribution in [0, 0.1) is 0 Å². The summed E-state index contributed by atoms with van der Waals surface area (Å²) in [7, 11) is 0. The van der Waals surface area contributed by atoms with E-state index in [2.05, 4.69) is 10.3 Å². The molecule has 2 N–H and O–H groups in total. The van der Waals surface area contributed by atoms with Gasteiger partial charge in [-0.2, -0.15) is 0 Å². The number of thioether (sulfide) groups is 1. The molecule has 0 unspecified atom stereocenters. The third kappa shape index (κ3) is 3.69. The minimum absolute atomic E-state index is 0.00156. The Balaban J connectivity index is 1.86. The van der Waals surface area contributed by atoms with E-state index in [9.17, 15) is 9.90 Å². The van der Waals surface area contributed by atoms with Crippen LogP contribution in [0.4, 0.5) is 5.69 Å². The van der Waals surface area contributed by atoms with Crippen LogP contribution in [0.25, 0.3) is 6.08 Å². The lowest BCUT2D eigenvalue weighted by Crippen LogP contribution is -2.19. The number of rotatable bonds is 2. The van der Waals surface area contributed by atoms with Gasteiger partial charge in [-0.1, -0.05) is 41.4 Å². The van der Waals surface area contributed by atoms with E-state index in [1.165, 1.54) is 17.8 Å². The lowest BCUT2D eigenvalue weighted by molar-refractivity contribution is -0.115. The van der Waals surface area contributed by atoms with Crippen molar-refractivity contribution < 1.29 is 9.90 Å². The van der Waals surface area contributed by atoms with E-state index >= 15 is 0 Å². The Morgan fingerprint density at radius 1 is 1.13 bits per heavy atom. The Morgan fingerprint density at radius 2 is 1.91 bits per heavy atom. The zero-order valence-corrected chi connectivity index (χ0v) is 13.9. The number of halogens is 2. The second-order valence-corrected chi connectivity index (χ2v) is 6.49. The van der Waals surface area contributed by atoms with E-state index in [1.807, 2.05) is 12.1 Å². The van der Waals surface area contributed by atoms with Gasteiger partial charge < -0.3 is 10.4 Å². The first kappa shape index (κ1) is 15.9. The Morgan fingerprint density at radius 3 is 2.65 bits per heavy atom. The van der Waals surface area contributed by atoms with Gasteiger partial charge in [-0.3, -0.25) is 4.79 Å². The van der Waals surface area contributed by atoms with Crippen LogP contribution in [-0.2, 0) is 4.79 Å². The molecule has 1 heterocycles. The maximum atomic E-state index is 12.0. The van der Waals surface area contributed by atoms with Crippen molar-refractivity contribution in [3.63, 3.8) is 0 Å². The van der Waals surface area contributed by atoms with Gasteiger partial charge in [0.05, 0.1) is 20.6 Å². The quantitative estimate of drug-likeness (QED) is 0.766. The number of carbonyl (C=O) groups excluding carboxylic acids is 1. The summed E-state index contributed by atoms with van der Waals surface area (Å²) in [5.41, 5.74) is 1.30. The number of amides is 1. The van der Waals surface area contributed by atoms with Crippen molar-refractivity contribution in [2.24, 2.45) is 4.99 Å². The van der Waals surface area contributed by atoms with Gasteiger partial charge in [0.1, 0.15) is 5.75 Å². The molecule has 0 atom stereocenters. The SMILES string of the molecule is O=C1NC(=Nc2ccccc2Cl)S/C1=C/c1ccc(O)c(Cl)c1. The van der Waals surface area contributed by atoms with E-state index in [0.29, 0.717) is 26.3 Å². The van der Waals surface area contributed by atoms with Gasteiger partial charge in [0, 0.05) is 0 Å². The number of benzene rings is 2. The van der Waals surface area contributed by atoms with Crippen LogP contribution >= 0.6 is 35.0 Å². The standard InChI is InChI=1S/C16H10Cl2N2O2S/c17-10-3-1-2-4-12(10)19-16-20-15(22)14(23-16)8-9-5-6-13(21)11(18)7-9/h1-8,21H,(H,19,20,22)/b14-8+. The summed E-state index contributed by atoms with van der Waals surface area (Å²) in [6, 6.07) is 11.9. The Bertz CT molecular complexity index is 850. The molecule has 1 saturated heterocycles. The first-order valence-corrected chi connectivity index (χ1v) is 8.13. The first-order valence-electron chi connectivity index (χ1n) is 6.55. The highest BCUT2D eigenvalue weighted by Crippen LogP contribution is 2.32.